The first kappa shape index (κ1) is 15.8. The second kappa shape index (κ2) is 6.80. The fraction of sp³-hybridized carbons (Fsp3) is 0.533. The average molecular weight is 284 g/mol. The van der Waals surface area contributed by atoms with Crippen molar-refractivity contribution >= 4 is 23.3 Å². The van der Waals surface area contributed by atoms with E-state index in [1.165, 1.54) is 0 Å². The highest BCUT2D eigenvalue weighted by molar-refractivity contribution is 6.33. The van der Waals surface area contributed by atoms with Gasteiger partial charge in [-0.1, -0.05) is 31.5 Å². The van der Waals surface area contributed by atoms with Gasteiger partial charge in [-0.25, -0.2) is 0 Å². The van der Waals surface area contributed by atoms with Gasteiger partial charge in [-0.3, -0.25) is 4.79 Å². The van der Waals surface area contributed by atoms with Crippen LogP contribution in [0.4, 0.5) is 5.69 Å². The molecule has 0 aliphatic rings. The van der Waals surface area contributed by atoms with E-state index in [0.717, 1.165) is 23.4 Å². The van der Waals surface area contributed by atoms with Crippen LogP contribution < -0.4 is 4.90 Å². The Balaban J connectivity index is 3.05. The van der Waals surface area contributed by atoms with Gasteiger partial charge in [0, 0.05) is 13.1 Å². The lowest BCUT2D eigenvalue weighted by atomic mass is 10.1. The van der Waals surface area contributed by atoms with E-state index in [1.54, 1.807) is 0 Å². The van der Waals surface area contributed by atoms with Gasteiger partial charge in [0.25, 0.3) is 0 Å². The van der Waals surface area contributed by atoms with E-state index < -0.39 is 5.97 Å². The Morgan fingerprint density at radius 3 is 2.47 bits per heavy atom. The van der Waals surface area contributed by atoms with Gasteiger partial charge >= 0.3 is 5.97 Å². The van der Waals surface area contributed by atoms with Gasteiger partial charge in [-0.15, -0.1) is 0 Å². The zero-order valence-corrected chi connectivity index (χ0v) is 12.8. The third-order valence-corrected chi connectivity index (χ3v) is 3.18. The number of carboxylic acid groups (broad SMARTS) is 1. The summed E-state index contributed by atoms with van der Waals surface area (Å²) < 4.78 is 0. The van der Waals surface area contributed by atoms with Gasteiger partial charge in [0.15, 0.2) is 0 Å². The molecule has 0 heterocycles. The molecule has 0 amide bonds. The maximum Gasteiger partial charge on any atom is 0.305 e. The van der Waals surface area contributed by atoms with Crippen LogP contribution in [0.1, 0.15) is 31.4 Å². The van der Waals surface area contributed by atoms with Crippen LogP contribution in [0.3, 0.4) is 0 Å². The lowest BCUT2D eigenvalue weighted by Crippen LogP contribution is -2.31. The second-order valence-corrected chi connectivity index (χ2v) is 5.80. The van der Waals surface area contributed by atoms with E-state index in [9.17, 15) is 4.79 Å². The standard InChI is InChI=1S/C15H22ClNO2/c1-10(2)9-17(6-5-14(18)19)15-12(4)7-11(3)8-13(15)16/h7-8,10H,5-6,9H2,1-4H3,(H,18,19). The van der Waals surface area contributed by atoms with Crippen molar-refractivity contribution in [3.63, 3.8) is 0 Å². The molecule has 0 aliphatic heterocycles. The summed E-state index contributed by atoms with van der Waals surface area (Å²) in [6, 6.07) is 4.01. The Hall–Kier alpha value is -1.22. The predicted octanol–water partition coefficient (Wildman–Crippen LogP) is 3.89. The molecule has 106 valence electrons. The molecular formula is C15H22ClNO2. The van der Waals surface area contributed by atoms with Crippen LogP contribution in [0.25, 0.3) is 0 Å². The van der Waals surface area contributed by atoms with Crippen molar-refractivity contribution in [2.24, 2.45) is 5.92 Å². The number of anilines is 1. The Morgan fingerprint density at radius 2 is 2.00 bits per heavy atom. The number of aliphatic carboxylic acids is 1. The summed E-state index contributed by atoms with van der Waals surface area (Å²) in [6.45, 7) is 9.54. The van der Waals surface area contributed by atoms with Crippen molar-refractivity contribution in [2.75, 3.05) is 18.0 Å². The molecule has 0 bridgehead atoms. The zero-order valence-electron chi connectivity index (χ0n) is 12.0. The number of nitrogens with zero attached hydrogens (tertiary/aromatic N) is 1. The van der Waals surface area contributed by atoms with Crippen LogP contribution in [-0.4, -0.2) is 24.2 Å². The average Bonchev–Trinajstić information content (AvgIpc) is 2.23. The number of carbonyl (C=O) groups is 1. The molecule has 0 saturated carbocycles. The van der Waals surface area contributed by atoms with E-state index >= 15 is 0 Å². The molecule has 1 N–H and O–H groups in total. The van der Waals surface area contributed by atoms with Gasteiger partial charge in [0.2, 0.25) is 0 Å². The molecule has 4 heteroatoms. The Bertz CT molecular complexity index is 434. The summed E-state index contributed by atoms with van der Waals surface area (Å²) in [7, 11) is 0. The Labute approximate surface area is 120 Å². The zero-order chi connectivity index (χ0) is 14.6. The predicted molar refractivity (Wildman–Crippen MR) is 80.2 cm³/mol. The molecule has 0 unspecified atom stereocenters. The highest BCUT2D eigenvalue weighted by atomic mass is 35.5. The molecular weight excluding hydrogens is 262 g/mol. The van der Waals surface area contributed by atoms with E-state index in [-0.39, 0.29) is 6.42 Å². The quantitative estimate of drug-likeness (QED) is 0.861. The number of halogens is 1. The van der Waals surface area contributed by atoms with Gasteiger partial charge in [-0.05, 0) is 37.0 Å². The topological polar surface area (TPSA) is 40.5 Å². The molecule has 0 atom stereocenters. The molecule has 0 spiro atoms. The minimum atomic E-state index is -0.783. The van der Waals surface area contributed by atoms with Gasteiger partial charge in [-0.2, -0.15) is 0 Å². The van der Waals surface area contributed by atoms with E-state index in [4.69, 9.17) is 16.7 Å². The smallest absolute Gasteiger partial charge is 0.305 e. The van der Waals surface area contributed by atoms with Gasteiger partial charge in [0.05, 0.1) is 17.1 Å². The van der Waals surface area contributed by atoms with Crippen molar-refractivity contribution in [1.82, 2.24) is 0 Å². The van der Waals surface area contributed by atoms with E-state index in [1.807, 2.05) is 19.9 Å². The minimum Gasteiger partial charge on any atom is -0.481 e. The molecule has 1 aromatic rings. The van der Waals surface area contributed by atoms with Crippen LogP contribution in [0.15, 0.2) is 12.1 Å². The van der Waals surface area contributed by atoms with Gasteiger partial charge in [0.1, 0.15) is 0 Å². The second-order valence-electron chi connectivity index (χ2n) is 5.40. The summed E-state index contributed by atoms with van der Waals surface area (Å²) >= 11 is 6.34. The molecule has 0 radical (unpaired) electrons. The first-order valence-electron chi connectivity index (χ1n) is 6.54. The van der Waals surface area contributed by atoms with Gasteiger partial charge < -0.3 is 10.0 Å². The molecule has 0 aromatic heterocycles. The molecule has 19 heavy (non-hydrogen) atoms. The number of aryl methyl sites for hydroxylation is 2. The van der Waals surface area contributed by atoms with E-state index in [0.29, 0.717) is 17.5 Å². The highest BCUT2D eigenvalue weighted by Gasteiger charge is 2.16. The third kappa shape index (κ3) is 4.75. The molecule has 3 nitrogen and oxygen atoms in total. The number of carboxylic acids is 1. The first-order chi connectivity index (χ1) is 8.81. The number of rotatable bonds is 6. The van der Waals surface area contributed by atoms with Crippen molar-refractivity contribution < 1.29 is 9.90 Å². The van der Waals surface area contributed by atoms with Crippen LogP contribution in [0.5, 0.6) is 0 Å². The van der Waals surface area contributed by atoms with Crippen LogP contribution in [0.2, 0.25) is 5.02 Å². The van der Waals surface area contributed by atoms with Crippen LogP contribution in [0, 0.1) is 19.8 Å². The first-order valence-corrected chi connectivity index (χ1v) is 6.92. The maximum absolute atomic E-state index is 10.8. The number of hydrogen-bond donors (Lipinski definition) is 1. The van der Waals surface area contributed by atoms with Crippen molar-refractivity contribution in [3.05, 3.63) is 28.3 Å². The SMILES string of the molecule is Cc1cc(C)c(N(CCC(=O)O)CC(C)C)c(Cl)c1. The number of benzene rings is 1. The third-order valence-electron chi connectivity index (χ3n) is 2.90. The van der Waals surface area contributed by atoms with Crippen LogP contribution >= 0.6 is 11.6 Å². The lowest BCUT2D eigenvalue weighted by Gasteiger charge is -2.29. The summed E-state index contributed by atoms with van der Waals surface area (Å²) in [6.07, 6.45) is 0.121. The number of hydrogen-bond acceptors (Lipinski definition) is 2. The molecule has 0 aliphatic carbocycles. The van der Waals surface area contributed by atoms with Crippen LogP contribution in [-0.2, 0) is 4.79 Å². The largest absolute Gasteiger partial charge is 0.481 e. The summed E-state index contributed by atoms with van der Waals surface area (Å²) in [4.78, 5) is 12.9. The molecule has 0 saturated heterocycles. The fourth-order valence-corrected chi connectivity index (χ4v) is 2.72. The lowest BCUT2D eigenvalue weighted by molar-refractivity contribution is -0.136. The molecule has 1 aromatic carbocycles. The fourth-order valence-electron chi connectivity index (χ4n) is 2.27. The highest BCUT2D eigenvalue weighted by Crippen LogP contribution is 2.31. The maximum atomic E-state index is 10.8. The molecule has 1 rings (SSSR count). The van der Waals surface area contributed by atoms with Crippen molar-refractivity contribution in [1.29, 1.82) is 0 Å². The normalized spacial score (nSPS) is 10.8. The summed E-state index contributed by atoms with van der Waals surface area (Å²) in [5, 5.41) is 9.56. The minimum absolute atomic E-state index is 0.121. The van der Waals surface area contributed by atoms with Crippen molar-refractivity contribution in [2.45, 2.75) is 34.1 Å². The Kier molecular flexibility index (Phi) is 5.67. The monoisotopic (exact) mass is 283 g/mol. The summed E-state index contributed by atoms with van der Waals surface area (Å²) in [5.74, 6) is -0.333. The van der Waals surface area contributed by atoms with Crippen molar-refractivity contribution in [3.8, 4) is 0 Å². The molecule has 0 fully saturated rings. The Morgan fingerprint density at radius 1 is 1.37 bits per heavy atom. The summed E-state index contributed by atoms with van der Waals surface area (Å²) in [5.41, 5.74) is 3.17. The van der Waals surface area contributed by atoms with E-state index in [2.05, 4.69) is 24.8 Å².